The zero-order valence-corrected chi connectivity index (χ0v) is 13.8. The number of hydrogen-bond acceptors (Lipinski definition) is 3. The van der Waals surface area contributed by atoms with E-state index >= 15 is 0 Å². The van der Waals surface area contributed by atoms with Crippen molar-refractivity contribution in [3.8, 4) is 0 Å². The van der Waals surface area contributed by atoms with Gasteiger partial charge in [0.15, 0.2) is 0 Å². The number of rotatable bonds is 3. The first-order valence-electron chi connectivity index (χ1n) is 6.37. The zero-order valence-electron chi connectivity index (χ0n) is 11.5. The fourth-order valence-electron chi connectivity index (χ4n) is 2.32. The van der Waals surface area contributed by atoms with Crippen molar-refractivity contribution in [2.24, 2.45) is 11.8 Å². The van der Waals surface area contributed by atoms with Crippen LogP contribution in [0.3, 0.4) is 0 Å². The molecule has 8 heteroatoms. The molecule has 0 aliphatic carbocycles. The molecule has 0 spiro atoms. The molecule has 0 bridgehead atoms. The normalized spacial score (nSPS) is 23.4. The molecule has 2 unspecified atom stereocenters. The SMILES string of the molecule is CC1CN(S(=O)(=O)c2cc(Cl)cc(C(=O)O)c2Cl)CC1C. The first kappa shape index (κ1) is 16.5. The van der Waals surface area contributed by atoms with E-state index in [1.807, 2.05) is 13.8 Å². The zero-order chi connectivity index (χ0) is 15.9. The lowest BCUT2D eigenvalue weighted by Gasteiger charge is -2.18. The molecular weight excluding hydrogens is 337 g/mol. The molecule has 0 radical (unpaired) electrons. The maximum Gasteiger partial charge on any atom is 0.337 e. The summed E-state index contributed by atoms with van der Waals surface area (Å²) in [6, 6.07) is 2.33. The number of benzene rings is 1. The van der Waals surface area contributed by atoms with E-state index in [0.29, 0.717) is 13.1 Å². The number of sulfonamides is 1. The third-order valence-corrected chi connectivity index (χ3v) is 6.40. The molecule has 2 atom stereocenters. The van der Waals surface area contributed by atoms with Gasteiger partial charge in [0.1, 0.15) is 4.90 Å². The summed E-state index contributed by atoms with van der Waals surface area (Å²) in [5, 5.41) is 8.80. The number of hydrogen-bond donors (Lipinski definition) is 1. The topological polar surface area (TPSA) is 74.7 Å². The average Bonchev–Trinajstić information content (AvgIpc) is 2.72. The Morgan fingerprint density at radius 3 is 2.24 bits per heavy atom. The Kier molecular flexibility index (Phi) is 4.54. The minimum Gasteiger partial charge on any atom is -0.478 e. The fourth-order valence-corrected chi connectivity index (χ4v) is 4.84. The highest BCUT2D eigenvalue weighted by Crippen LogP contribution is 2.34. The van der Waals surface area contributed by atoms with E-state index < -0.39 is 16.0 Å². The van der Waals surface area contributed by atoms with Gasteiger partial charge < -0.3 is 5.11 Å². The van der Waals surface area contributed by atoms with Crippen LogP contribution in [0.1, 0.15) is 24.2 Å². The second-order valence-corrected chi connectivity index (χ2v) is 8.07. The number of carboxylic acid groups (broad SMARTS) is 1. The molecule has 116 valence electrons. The highest BCUT2D eigenvalue weighted by molar-refractivity contribution is 7.89. The molecule has 1 aliphatic heterocycles. The molecule has 1 heterocycles. The Bertz CT molecular complexity index is 680. The summed E-state index contributed by atoms with van der Waals surface area (Å²) in [6.45, 7) is 4.72. The molecule has 0 aromatic heterocycles. The highest BCUT2D eigenvalue weighted by atomic mass is 35.5. The van der Waals surface area contributed by atoms with Crippen molar-refractivity contribution in [3.63, 3.8) is 0 Å². The van der Waals surface area contributed by atoms with Gasteiger partial charge in [-0.1, -0.05) is 37.0 Å². The smallest absolute Gasteiger partial charge is 0.337 e. The van der Waals surface area contributed by atoms with Crippen molar-refractivity contribution in [3.05, 3.63) is 27.7 Å². The number of carbonyl (C=O) groups is 1. The minimum atomic E-state index is -3.86. The molecule has 2 rings (SSSR count). The van der Waals surface area contributed by atoms with Crippen molar-refractivity contribution in [1.29, 1.82) is 0 Å². The van der Waals surface area contributed by atoms with Gasteiger partial charge in [-0.2, -0.15) is 4.31 Å². The predicted octanol–water partition coefficient (Wildman–Crippen LogP) is 2.97. The number of nitrogens with zero attached hydrogens (tertiary/aromatic N) is 1. The van der Waals surface area contributed by atoms with Gasteiger partial charge in [-0.05, 0) is 24.0 Å². The molecule has 1 saturated heterocycles. The maximum absolute atomic E-state index is 12.7. The Labute approximate surface area is 133 Å². The number of carboxylic acids is 1. The van der Waals surface area contributed by atoms with E-state index in [1.54, 1.807) is 0 Å². The van der Waals surface area contributed by atoms with Crippen LogP contribution in [0, 0.1) is 11.8 Å². The highest BCUT2D eigenvalue weighted by Gasteiger charge is 2.36. The third kappa shape index (κ3) is 3.04. The lowest BCUT2D eigenvalue weighted by Crippen LogP contribution is -2.29. The van der Waals surface area contributed by atoms with Crippen LogP contribution in [0.15, 0.2) is 17.0 Å². The molecule has 1 N–H and O–H groups in total. The molecular formula is C13H15Cl2NO4S. The Balaban J connectivity index is 2.53. The van der Waals surface area contributed by atoms with Crippen molar-refractivity contribution >= 4 is 39.2 Å². The van der Waals surface area contributed by atoms with Crippen LogP contribution in [0.5, 0.6) is 0 Å². The van der Waals surface area contributed by atoms with E-state index in [1.165, 1.54) is 10.4 Å². The van der Waals surface area contributed by atoms with Gasteiger partial charge >= 0.3 is 5.97 Å². The van der Waals surface area contributed by atoms with Crippen molar-refractivity contribution in [2.45, 2.75) is 18.7 Å². The van der Waals surface area contributed by atoms with E-state index in [-0.39, 0.29) is 32.3 Å². The average molecular weight is 352 g/mol. The summed E-state index contributed by atoms with van der Waals surface area (Å²) >= 11 is 11.8. The van der Waals surface area contributed by atoms with Gasteiger partial charge in [0.2, 0.25) is 10.0 Å². The number of aromatic carboxylic acids is 1. The van der Waals surface area contributed by atoms with Gasteiger partial charge in [0.25, 0.3) is 0 Å². The standard InChI is InChI=1S/C13H15Cl2NO4S/c1-7-5-16(6-8(7)2)21(19,20)11-4-9(14)3-10(12(11)15)13(17)18/h3-4,7-8H,5-6H2,1-2H3,(H,17,18). The molecule has 1 aromatic carbocycles. The summed E-state index contributed by atoms with van der Waals surface area (Å²) in [4.78, 5) is 10.9. The van der Waals surface area contributed by atoms with E-state index in [2.05, 4.69) is 0 Å². The number of halogens is 2. The Hall–Kier alpha value is -0.820. The predicted molar refractivity (Wildman–Crippen MR) is 80.5 cm³/mol. The molecule has 1 aliphatic rings. The van der Waals surface area contributed by atoms with Crippen molar-refractivity contribution in [2.75, 3.05) is 13.1 Å². The monoisotopic (exact) mass is 351 g/mol. The van der Waals surface area contributed by atoms with E-state index in [4.69, 9.17) is 28.3 Å². The minimum absolute atomic E-state index is 0.0238. The molecule has 5 nitrogen and oxygen atoms in total. The van der Waals surface area contributed by atoms with Gasteiger partial charge in [0.05, 0.1) is 10.6 Å². The summed E-state index contributed by atoms with van der Waals surface area (Å²) in [5.41, 5.74) is -0.317. The van der Waals surface area contributed by atoms with Crippen LogP contribution in [0.4, 0.5) is 0 Å². The van der Waals surface area contributed by atoms with Crippen molar-refractivity contribution in [1.82, 2.24) is 4.31 Å². The summed E-state index contributed by atoms with van der Waals surface area (Å²) in [7, 11) is -3.86. The Morgan fingerprint density at radius 2 is 1.76 bits per heavy atom. The van der Waals surface area contributed by atoms with Crippen LogP contribution in [0.25, 0.3) is 0 Å². The quantitative estimate of drug-likeness (QED) is 0.908. The first-order chi connectivity index (χ1) is 9.64. The van der Waals surface area contributed by atoms with Crippen LogP contribution in [-0.2, 0) is 10.0 Å². The largest absolute Gasteiger partial charge is 0.478 e. The van der Waals surface area contributed by atoms with Crippen molar-refractivity contribution < 1.29 is 18.3 Å². The second-order valence-electron chi connectivity index (χ2n) is 5.35. The summed E-state index contributed by atoms with van der Waals surface area (Å²) in [6.07, 6.45) is 0. The summed E-state index contributed by atoms with van der Waals surface area (Å²) in [5.74, 6) is -0.851. The van der Waals surface area contributed by atoms with Gasteiger partial charge in [-0.15, -0.1) is 0 Å². The molecule has 0 saturated carbocycles. The molecule has 1 fully saturated rings. The molecule has 0 amide bonds. The molecule has 1 aromatic rings. The summed E-state index contributed by atoms with van der Waals surface area (Å²) < 4.78 is 26.7. The first-order valence-corrected chi connectivity index (χ1v) is 8.56. The van der Waals surface area contributed by atoms with Crippen LogP contribution in [-0.4, -0.2) is 36.9 Å². The van der Waals surface area contributed by atoms with Gasteiger partial charge in [-0.25, -0.2) is 13.2 Å². The van der Waals surface area contributed by atoms with Crippen LogP contribution >= 0.6 is 23.2 Å². The van der Waals surface area contributed by atoms with Crippen LogP contribution < -0.4 is 0 Å². The van der Waals surface area contributed by atoms with Crippen LogP contribution in [0.2, 0.25) is 10.0 Å². The van der Waals surface area contributed by atoms with E-state index in [9.17, 15) is 13.2 Å². The second kappa shape index (κ2) is 5.76. The van der Waals surface area contributed by atoms with E-state index in [0.717, 1.165) is 6.07 Å². The van der Waals surface area contributed by atoms with Gasteiger partial charge in [0, 0.05) is 18.1 Å². The lowest BCUT2D eigenvalue weighted by molar-refractivity contribution is 0.0697. The Morgan fingerprint density at radius 1 is 1.24 bits per heavy atom. The third-order valence-electron chi connectivity index (χ3n) is 3.81. The maximum atomic E-state index is 12.7. The fraction of sp³-hybridized carbons (Fsp3) is 0.462. The lowest BCUT2D eigenvalue weighted by atomic mass is 10.0. The molecule has 21 heavy (non-hydrogen) atoms. The van der Waals surface area contributed by atoms with Gasteiger partial charge in [-0.3, -0.25) is 0 Å².